The molecule has 0 radical (unpaired) electrons. The average molecular weight is 272 g/mol. The van der Waals surface area contributed by atoms with Crippen molar-refractivity contribution in [1.82, 2.24) is 4.90 Å². The Morgan fingerprint density at radius 2 is 1.85 bits per heavy atom. The van der Waals surface area contributed by atoms with E-state index in [4.69, 9.17) is 0 Å². The zero-order valence-electron chi connectivity index (χ0n) is 11.6. The topological polar surface area (TPSA) is 32.3 Å². The van der Waals surface area contributed by atoms with Gasteiger partial charge in [0.25, 0.3) is 5.91 Å². The van der Waals surface area contributed by atoms with Crippen LogP contribution in [0, 0.1) is 5.82 Å². The van der Waals surface area contributed by atoms with Crippen LogP contribution in [-0.2, 0) is 6.54 Å². The normalized spacial score (nSPS) is 10.2. The van der Waals surface area contributed by atoms with Gasteiger partial charge in [-0.2, -0.15) is 0 Å². The highest BCUT2D eigenvalue weighted by atomic mass is 19.1. The lowest BCUT2D eigenvalue weighted by Gasteiger charge is -2.19. The fraction of sp³-hybridized carbons (Fsp3) is 0.188. The minimum Gasteiger partial charge on any atom is -0.385 e. The number of rotatable bonds is 4. The molecule has 0 aliphatic heterocycles. The van der Waals surface area contributed by atoms with E-state index in [0.29, 0.717) is 12.1 Å². The van der Waals surface area contributed by atoms with E-state index < -0.39 is 5.82 Å². The van der Waals surface area contributed by atoms with E-state index >= 15 is 0 Å². The van der Waals surface area contributed by atoms with Gasteiger partial charge in [-0.1, -0.05) is 36.4 Å². The molecule has 0 unspecified atom stereocenters. The molecule has 104 valence electrons. The number of hydrogen-bond acceptors (Lipinski definition) is 2. The molecule has 0 atom stereocenters. The van der Waals surface area contributed by atoms with E-state index in [2.05, 4.69) is 5.32 Å². The molecule has 3 nitrogen and oxygen atoms in total. The Morgan fingerprint density at radius 3 is 2.50 bits per heavy atom. The number of amides is 1. The zero-order valence-corrected chi connectivity index (χ0v) is 11.6. The highest BCUT2D eigenvalue weighted by Crippen LogP contribution is 2.21. The predicted molar refractivity (Wildman–Crippen MR) is 78.2 cm³/mol. The van der Waals surface area contributed by atoms with Gasteiger partial charge in [-0.3, -0.25) is 4.79 Å². The molecule has 2 aromatic rings. The lowest BCUT2D eigenvalue weighted by Crippen LogP contribution is -2.27. The Morgan fingerprint density at radius 1 is 1.15 bits per heavy atom. The van der Waals surface area contributed by atoms with E-state index in [1.807, 2.05) is 30.3 Å². The Hall–Kier alpha value is -2.36. The van der Waals surface area contributed by atoms with Gasteiger partial charge in [-0.15, -0.1) is 0 Å². The van der Waals surface area contributed by atoms with E-state index in [0.717, 1.165) is 5.56 Å². The monoisotopic (exact) mass is 272 g/mol. The molecule has 20 heavy (non-hydrogen) atoms. The summed E-state index contributed by atoms with van der Waals surface area (Å²) in [5.41, 5.74) is 1.61. The number of nitrogens with one attached hydrogen (secondary N) is 1. The van der Waals surface area contributed by atoms with Crippen LogP contribution in [-0.4, -0.2) is 24.9 Å². The van der Waals surface area contributed by atoms with Gasteiger partial charge in [-0.25, -0.2) is 4.39 Å². The highest BCUT2D eigenvalue weighted by molar-refractivity contribution is 5.99. The largest absolute Gasteiger partial charge is 0.385 e. The summed E-state index contributed by atoms with van der Waals surface area (Å²) in [7, 11) is 3.31. The first kappa shape index (κ1) is 14.1. The summed E-state index contributed by atoms with van der Waals surface area (Å²) in [6.45, 7) is 0.485. The molecule has 2 rings (SSSR count). The molecular formula is C16H17FN2O. The van der Waals surface area contributed by atoms with Gasteiger partial charge in [0.1, 0.15) is 5.82 Å². The van der Waals surface area contributed by atoms with Crippen molar-refractivity contribution in [2.75, 3.05) is 19.4 Å². The van der Waals surface area contributed by atoms with Gasteiger partial charge in [0, 0.05) is 20.6 Å². The van der Waals surface area contributed by atoms with Crippen molar-refractivity contribution in [1.29, 1.82) is 0 Å². The average Bonchev–Trinajstić information content (AvgIpc) is 2.47. The van der Waals surface area contributed by atoms with Crippen LogP contribution in [0.5, 0.6) is 0 Å². The van der Waals surface area contributed by atoms with Crippen LogP contribution in [0.4, 0.5) is 10.1 Å². The number of benzene rings is 2. The third kappa shape index (κ3) is 2.96. The number of hydrogen-bond donors (Lipinski definition) is 1. The van der Waals surface area contributed by atoms with Crippen LogP contribution in [0.2, 0.25) is 0 Å². The summed E-state index contributed by atoms with van der Waals surface area (Å²) in [6, 6.07) is 14.2. The molecule has 0 aliphatic carbocycles. The number of nitrogens with zero attached hydrogens (tertiary/aromatic N) is 1. The first-order chi connectivity index (χ1) is 9.63. The van der Waals surface area contributed by atoms with Gasteiger partial charge in [0.15, 0.2) is 0 Å². The number of para-hydroxylation sites is 1. The lowest BCUT2D eigenvalue weighted by atomic mass is 10.1. The third-order valence-corrected chi connectivity index (χ3v) is 3.10. The van der Waals surface area contributed by atoms with Gasteiger partial charge in [0.05, 0.1) is 11.3 Å². The summed E-state index contributed by atoms with van der Waals surface area (Å²) in [5, 5.41) is 2.74. The van der Waals surface area contributed by atoms with E-state index in [9.17, 15) is 9.18 Å². The summed E-state index contributed by atoms with van der Waals surface area (Å²) < 4.78 is 13.7. The highest BCUT2D eigenvalue weighted by Gasteiger charge is 2.17. The second-order valence-corrected chi connectivity index (χ2v) is 4.56. The minimum atomic E-state index is -0.425. The van der Waals surface area contributed by atoms with Crippen LogP contribution in [0.25, 0.3) is 0 Å². The molecule has 1 N–H and O–H groups in total. The van der Waals surface area contributed by atoms with Crippen LogP contribution in [0.1, 0.15) is 15.9 Å². The lowest BCUT2D eigenvalue weighted by molar-refractivity contribution is 0.0785. The Bertz CT molecular complexity index is 599. The van der Waals surface area contributed by atoms with Crippen molar-refractivity contribution >= 4 is 11.6 Å². The predicted octanol–water partition coefficient (Wildman–Crippen LogP) is 3.14. The SMILES string of the molecule is CNc1c(F)cccc1C(=O)N(C)Cc1ccccc1. The summed E-state index contributed by atoms with van der Waals surface area (Å²) >= 11 is 0. The van der Waals surface area contributed by atoms with Crippen LogP contribution in [0.3, 0.4) is 0 Å². The molecule has 1 amide bonds. The standard InChI is InChI=1S/C16H17FN2O/c1-18-15-13(9-6-10-14(15)17)16(20)19(2)11-12-7-4-3-5-8-12/h3-10,18H,11H2,1-2H3. The molecule has 4 heteroatoms. The maximum atomic E-state index is 13.7. The first-order valence-electron chi connectivity index (χ1n) is 6.39. The Kier molecular flexibility index (Phi) is 4.35. The van der Waals surface area contributed by atoms with Crippen LogP contribution < -0.4 is 5.32 Å². The molecule has 0 heterocycles. The molecule has 2 aromatic carbocycles. The van der Waals surface area contributed by atoms with Gasteiger partial charge >= 0.3 is 0 Å². The summed E-state index contributed by atoms with van der Waals surface area (Å²) in [6.07, 6.45) is 0. The maximum absolute atomic E-state index is 13.7. The number of carbonyl (C=O) groups excluding carboxylic acids is 1. The zero-order chi connectivity index (χ0) is 14.5. The minimum absolute atomic E-state index is 0.210. The quantitative estimate of drug-likeness (QED) is 0.927. The Labute approximate surface area is 118 Å². The van der Waals surface area contributed by atoms with Crippen molar-refractivity contribution < 1.29 is 9.18 Å². The Balaban J connectivity index is 2.21. The molecule has 0 aromatic heterocycles. The smallest absolute Gasteiger partial charge is 0.256 e. The molecule has 0 fully saturated rings. The number of anilines is 1. The number of halogens is 1. The molecule has 0 saturated carbocycles. The fourth-order valence-corrected chi connectivity index (χ4v) is 2.09. The number of carbonyl (C=O) groups is 1. The van der Waals surface area contributed by atoms with E-state index in [1.54, 1.807) is 31.1 Å². The molecule has 0 saturated heterocycles. The summed E-state index contributed by atoms with van der Waals surface area (Å²) in [4.78, 5) is 14.0. The van der Waals surface area contributed by atoms with E-state index in [-0.39, 0.29) is 11.6 Å². The second kappa shape index (κ2) is 6.19. The van der Waals surface area contributed by atoms with Gasteiger partial charge in [-0.05, 0) is 17.7 Å². The second-order valence-electron chi connectivity index (χ2n) is 4.56. The molecular weight excluding hydrogens is 255 g/mol. The van der Waals surface area contributed by atoms with Crippen LogP contribution in [0.15, 0.2) is 48.5 Å². The van der Waals surface area contributed by atoms with Crippen molar-refractivity contribution in [3.63, 3.8) is 0 Å². The van der Waals surface area contributed by atoms with Crippen molar-refractivity contribution in [2.45, 2.75) is 6.54 Å². The fourth-order valence-electron chi connectivity index (χ4n) is 2.09. The first-order valence-corrected chi connectivity index (χ1v) is 6.39. The third-order valence-electron chi connectivity index (χ3n) is 3.10. The molecule has 0 spiro atoms. The van der Waals surface area contributed by atoms with Gasteiger partial charge < -0.3 is 10.2 Å². The van der Waals surface area contributed by atoms with Crippen molar-refractivity contribution in [3.05, 3.63) is 65.5 Å². The van der Waals surface area contributed by atoms with Gasteiger partial charge in [0.2, 0.25) is 0 Å². The van der Waals surface area contributed by atoms with Crippen molar-refractivity contribution in [3.8, 4) is 0 Å². The van der Waals surface area contributed by atoms with Crippen LogP contribution >= 0.6 is 0 Å². The maximum Gasteiger partial charge on any atom is 0.256 e. The van der Waals surface area contributed by atoms with E-state index in [1.165, 1.54) is 6.07 Å². The summed E-state index contributed by atoms with van der Waals surface area (Å²) in [5.74, 6) is -0.635. The molecule has 0 bridgehead atoms. The van der Waals surface area contributed by atoms with Crippen molar-refractivity contribution in [2.24, 2.45) is 0 Å². The molecule has 0 aliphatic rings.